The van der Waals surface area contributed by atoms with Gasteiger partial charge in [0.25, 0.3) is 0 Å². The number of methoxy groups -OCH3 is 1. The van der Waals surface area contributed by atoms with E-state index in [1.54, 1.807) is 36.4 Å². The first-order chi connectivity index (χ1) is 10.1. The molecule has 4 heteroatoms. The van der Waals surface area contributed by atoms with Crippen molar-refractivity contribution < 1.29 is 14.6 Å². The van der Waals surface area contributed by atoms with Gasteiger partial charge in [-0.3, -0.25) is 0 Å². The number of rotatable bonds is 6. The van der Waals surface area contributed by atoms with Crippen LogP contribution < -0.4 is 4.74 Å². The van der Waals surface area contributed by atoms with Crippen LogP contribution >= 0.6 is 0 Å². The minimum absolute atomic E-state index is 0.294. The molecule has 0 atom stereocenters. The lowest BCUT2D eigenvalue weighted by molar-refractivity contribution is -0.132. The third-order valence-electron chi connectivity index (χ3n) is 2.76. The molecule has 1 N–H and O–H groups in total. The molecule has 1 rings (SSSR count). The van der Waals surface area contributed by atoms with Crippen molar-refractivity contribution in [3.63, 3.8) is 0 Å². The third kappa shape index (κ3) is 3.71. The van der Waals surface area contributed by atoms with E-state index in [4.69, 9.17) is 10.00 Å². The van der Waals surface area contributed by atoms with Crippen LogP contribution in [0.1, 0.15) is 5.56 Å². The van der Waals surface area contributed by atoms with E-state index in [1.165, 1.54) is 19.3 Å². The van der Waals surface area contributed by atoms with Crippen LogP contribution in [0.15, 0.2) is 66.8 Å². The minimum atomic E-state index is -1.29. The Morgan fingerprint density at radius 1 is 1.33 bits per heavy atom. The highest BCUT2D eigenvalue weighted by Crippen LogP contribution is 2.29. The topological polar surface area (TPSA) is 70.3 Å². The van der Waals surface area contributed by atoms with Gasteiger partial charge in [0.05, 0.1) is 7.11 Å². The Labute approximate surface area is 123 Å². The second-order valence-electron chi connectivity index (χ2n) is 3.96. The number of nitriles is 1. The standard InChI is InChI=1S/C17H15NO3/c1-4-6-12(5-2)16(15(11-18)17(19)20)13-7-9-14(21-3)10-8-13/h4-10H,1-2H2,3H3,(H,19,20)/b12-6+,16-15+. The van der Waals surface area contributed by atoms with Crippen molar-refractivity contribution in [2.45, 2.75) is 0 Å². The summed E-state index contributed by atoms with van der Waals surface area (Å²) in [5.74, 6) is -0.653. The Kier molecular flexibility index (Phi) is 5.72. The summed E-state index contributed by atoms with van der Waals surface area (Å²) >= 11 is 0. The fourth-order valence-electron chi connectivity index (χ4n) is 1.80. The third-order valence-corrected chi connectivity index (χ3v) is 2.76. The summed E-state index contributed by atoms with van der Waals surface area (Å²) in [4.78, 5) is 11.3. The van der Waals surface area contributed by atoms with Gasteiger partial charge < -0.3 is 9.84 Å². The average Bonchev–Trinajstić information content (AvgIpc) is 2.50. The van der Waals surface area contributed by atoms with Gasteiger partial charge in [-0.15, -0.1) is 0 Å². The number of ether oxygens (including phenoxy) is 1. The van der Waals surface area contributed by atoms with Crippen LogP contribution in [0.2, 0.25) is 0 Å². The van der Waals surface area contributed by atoms with Gasteiger partial charge in [-0.05, 0) is 23.3 Å². The number of carboxylic acids is 1. The van der Waals surface area contributed by atoms with E-state index in [0.29, 0.717) is 22.5 Å². The van der Waals surface area contributed by atoms with E-state index < -0.39 is 5.97 Å². The first-order valence-corrected chi connectivity index (χ1v) is 6.06. The molecular weight excluding hydrogens is 266 g/mol. The Balaban J connectivity index is 3.62. The van der Waals surface area contributed by atoms with Crippen molar-refractivity contribution >= 4 is 11.5 Å². The molecular formula is C17H15NO3. The van der Waals surface area contributed by atoms with Crippen LogP contribution in [-0.2, 0) is 4.79 Å². The minimum Gasteiger partial charge on any atom is -0.497 e. The van der Waals surface area contributed by atoms with Crippen molar-refractivity contribution in [3.05, 3.63) is 72.4 Å². The molecule has 0 saturated carbocycles. The molecule has 0 spiro atoms. The Morgan fingerprint density at radius 3 is 2.33 bits per heavy atom. The fraction of sp³-hybridized carbons (Fsp3) is 0.0588. The smallest absolute Gasteiger partial charge is 0.347 e. The number of carbonyl (C=O) groups is 1. The Bertz CT molecular complexity index is 658. The van der Waals surface area contributed by atoms with Crippen molar-refractivity contribution in [2.24, 2.45) is 0 Å². The van der Waals surface area contributed by atoms with Gasteiger partial charge in [0.15, 0.2) is 0 Å². The molecule has 0 amide bonds. The molecule has 0 unspecified atom stereocenters. The predicted octanol–water partition coefficient (Wildman–Crippen LogP) is 3.36. The van der Waals surface area contributed by atoms with Gasteiger partial charge in [-0.25, -0.2) is 4.79 Å². The summed E-state index contributed by atoms with van der Waals surface area (Å²) in [7, 11) is 1.54. The molecule has 0 aromatic heterocycles. The summed E-state index contributed by atoms with van der Waals surface area (Å²) in [6.45, 7) is 7.24. The first kappa shape index (κ1) is 16.0. The van der Waals surface area contributed by atoms with Crippen molar-refractivity contribution in [3.8, 4) is 11.8 Å². The number of nitrogens with zero attached hydrogens (tertiary/aromatic N) is 1. The zero-order valence-corrected chi connectivity index (χ0v) is 11.7. The average molecular weight is 281 g/mol. The summed E-state index contributed by atoms with van der Waals surface area (Å²) < 4.78 is 5.07. The molecule has 0 radical (unpaired) electrons. The van der Waals surface area contributed by atoms with Crippen LogP contribution in [0.4, 0.5) is 0 Å². The Hall–Kier alpha value is -3.06. The van der Waals surface area contributed by atoms with Gasteiger partial charge in [0, 0.05) is 5.57 Å². The second kappa shape index (κ2) is 7.51. The van der Waals surface area contributed by atoms with Crippen molar-refractivity contribution in [1.29, 1.82) is 5.26 Å². The van der Waals surface area contributed by atoms with E-state index in [1.807, 2.05) is 0 Å². The largest absolute Gasteiger partial charge is 0.497 e. The van der Waals surface area contributed by atoms with Gasteiger partial charge in [-0.1, -0.05) is 43.5 Å². The molecule has 0 fully saturated rings. The maximum absolute atomic E-state index is 11.3. The van der Waals surface area contributed by atoms with Crippen molar-refractivity contribution in [2.75, 3.05) is 7.11 Å². The molecule has 0 heterocycles. The van der Waals surface area contributed by atoms with E-state index in [2.05, 4.69) is 13.2 Å². The highest BCUT2D eigenvalue weighted by atomic mass is 16.5. The monoisotopic (exact) mass is 281 g/mol. The second-order valence-corrected chi connectivity index (χ2v) is 3.96. The normalized spacial score (nSPS) is 11.9. The van der Waals surface area contributed by atoms with E-state index in [0.717, 1.165) is 0 Å². The summed E-state index contributed by atoms with van der Waals surface area (Å²) in [5, 5.41) is 18.4. The maximum Gasteiger partial charge on any atom is 0.347 e. The quantitative estimate of drug-likeness (QED) is 0.493. The van der Waals surface area contributed by atoms with Gasteiger partial charge in [0.1, 0.15) is 17.4 Å². The highest BCUT2D eigenvalue weighted by molar-refractivity contribution is 6.05. The number of aliphatic carboxylic acids is 1. The summed E-state index contributed by atoms with van der Waals surface area (Å²) in [5.41, 5.74) is 1.03. The van der Waals surface area contributed by atoms with Gasteiger partial charge in [-0.2, -0.15) is 5.26 Å². The van der Waals surface area contributed by atoms with Crippen LogP contribution in [0.3, 0.4) is 0 Å². The molecule has 0 aliphatic heterocycles. The molecule has 21 heavy (non-hydrogen) atoms. The van der Waals surface area contributed by atoms with Gasteiger partial charge >= 0.3 is 5.97 Å². The van der Waals surface area contributed by atoms with Gasteiger partial charge in [0.2, 0.25) is 0 Å². The van der Waals surface area contributed by atoms with E-state index in [9.17, 15) is 9.90 Å². The number of benzene rings is 1. The van der Waals surface area contributed by atoms with E-state index >= 15 is 0 Å². The predicted molar refractivity (Wildman–Crippen MR) is 81.6 cm³/mol. The highest BCUT2D eigenvalue weighted by Gasteiger charge is 2.18. The molecule has 0 bridgehead atoms. The van der Waals surface area contributed by atoms with Crippen LogP contribution in [0, 0.1) is 11.3 Å². The molecule has 0 aliphatic carbocycles. The molecule has 1 aromatic carbocycles. The molecule has 4 nitrogen and oxygen atoms in total. The number of carboxylic acid groups (broad SMARTS) is 1. The van der Waals surface area contributed by atoms with Crippen LogP contribution in [0.5, 0.6) is 5.75 Å². The molecule has 106 valence electrons. The maximum atomic E-state index is 11.3. The SMILES string of the molecule is C=C/C=C(C=C)/C(=C(/C#N)C(=O)O)c1ccc(OC)cc1. The number of hydrogen-bond acceptors (Lipinski definition) is 3. The number of hydrogen-bond donors (Lipinski definition) is 1. The lowest BCUT2D eigenvalue weighted by atomic mass is 9.92. The Morgan fingerprint density at radius 2 is 1.95 bits per heavy atom. The summed E-state index contributed by atoms with van der Waals surface area (Å²) in [6.07, 6.45) is 4.60. The fourth-order valence-corrected chi connectivity index (χ4v) is 1.80. The zero-order valence-electron chi connectivity index (χ0n) is 11.7. The molecule has 0 saturated heterocycles. The lowest BCUT2D eigenvalue weighted by Gasteiger charge is -2.11. The molecule has 0 aliphatic rings. The number of allylic oxidation sites excluding steroid dienone is 5. The molecule has 1 aromatic rings. The van der Waals surface area contributed by atoms with Crippen LogP contribution in [0.25, 0.3) is 5.57 Å². The summed E-state index contributed by atoms with van der Waals surface area (Å²) in [6, 6.07) is 8.50. The van der Waals surface area contributed by atoms with E-state index in [-0.39, 0.29) is 5.57 Å². The van der Waals surface area contributed by atoms with Crippen molar-refractivity contribution in [1.82, 2.24) is 0 Å². The first-order valence-electron chi connectivity index (χ1n) is 6.06. The zero-order chi connectivity index (χ0) is 15.8. The lowest BCUT2D eigenvalue weighted by Crippen LogP contribution is -2.04. The van der Waals surface area contributed by atoms with Crippen LogP contribution in [-0.4, -0.2) is 18.2 Å².